The molecule has 0 bridgehead atoms. The van der Waals surface area contributed by atoms with E-state index in [-0.39, 0.29) is 6.42 Å². The second kappa shape index (κ2) is 9.22. The van der Waals surface area contributed by atoms with Gasteiger partial charge in [-0.2, -0.15) is 0 Å². The lowest BCUT2D eigenvalue weighted by molar-refractivity contribution is -0.125. The Labute approximate surface area is 145 Å². The van der Waals surface area contributed by atoms with Crippen molar-refractivity contribution in [3.8, 4) is 0 Å². The highest BCUT2D eigenvalue weighted by Crippen LogP contribution is 2.06. The fourth-order valence-corrected chi connectivity index (χ4v) is 2.49. The largest absolute Gasteiger partial charge is 0.465 e. The molecule has 2 aromatic carbocycles. The molecule has 6 nitrogen and oxygen atoms in total. The highest BCUT2D eigenvalue weighted by atomic mass is 16.4. The zero-order valence-corrected chi connectivity index (χ0v) is 13.6. The minimum absolute atomic E-state index is 0.204. The van der Waals surface area contributed by atoms with Crippen molar-refractivity contribution in [2.24, 2.45) is 0 Å². The van der Waals surface area contributed by atoms with Gasteiger partial charge in [0.15, 0.2) is 0 Å². The predicted octanol–water partition coefficient (Wildman–Crippen LogP) is 1.79. The summed E-state index contributed by atoms with van der Waals surface area (Å²) < 4.78 is 0. The summed E-state index contributed by atoms with van der Waals surface area (Å²) in [6.07, 6.45) is -0.0794. The van der Waals surface area contributed by atoms with Crippen molar-refractivity contribution in [1.29, 1.82) is 0 Å². The number of nitrogens with one attached hydrogen (secondary N) is 2. The fraction of sp³-hybridized carbons (Fsp3) is 0.211. The van der Waals surface area contributed by atoms with E-state index in [1.807, 2.05) is 60.7 Å². The summed E-state index contributed by atoms with van der Waals surface area (Å²) in [4.78, 5) is 34.7. The van der Waals surface area contributed by atoms with Crippen LogP contribution in [0, 0.1) is 0 Å². The Morgan fingerprint density at radius 2 is 1.40 bits per heavy atom. The van der Waals surface area contributed by atoms with Gasteiger partial charge < -0.3 is 20.5 Å². The van der Waals surface area contributed by atoms with E-state index < -0.39 is 24.1 Å². The molecular formula is C19H20N2O4. The molecule has 2 atom stereocenters. The Kier molecular flexibility index (Phi) is 6.71. The third-order valence-corrected chi connectivity index (χ3v) is 3.69. The number of carbonyl (C=O) groups excluding carboxylic acids is 2. The Morgan fingerprint density at radius 3 is 1.88 bits per heavy atom. The third kappa shape index (κ3) is 6.10. The summed E-state index contributed by atoms with van der Waals surface area (Å²) in [7, 11) is 0. The van der Waals surface area contributed by atoms with E-state index in [0.29, 0.717) is 12.7 Å². The minimum Gasteiger partial charge on any atom is -0.465 e. The van der Waals surface area contributed by atoms with E-state index in [0.717, 1.165) is 11.1 Å². The van der Waals surface area contributed by atoms with Gasteiger partial charge in [0.2, 0.25) is 5.91 Å². The van der Waals surface area contributed by atoms with Crippen molar-refractivity contribution >= 4 is 18.3 Å². The van der Waals surface area contributed by atoms with Gasteiger partial charge in [0.05, 0.1) is 6.04 Å². The molecule has 6 heteroatoms. The molecular weight excluding hydrogens is 320 g/mol. The first-order chi connectivity index (χ1) is 12.1. The van der Waals surface area contributed by atoms with Crippen LogP contribution < -0.4 is 10.6 Å². The minimum atomic E-state index is -1.29. The average molecular weight is 340 g/mol. The maximum atomic E-state index is 12.4. The first kappa shape index (κ1) is 18.2. The number of aldehydes is 1. The van der Waals surface area contributed by atoms with Gasteiger partial charge >= 0.3 is 6.09 Å². The zero-order chi connectivity index (χ0) is 18.1. The molecule has 130 valence electrons. The number of hydrogen-bond donors (Lipinski definition) is 3. The molecule has 0 spiro atoms. The molecule has 0 aromatic heterocycles. The van der Waals surface area contributed by atoms with Crippen molar-refractivity contribution in [2.45, 2.75) is 24.9 Å². The highest BCUT2D eigenvalue weighted by molar-refractivity contribution is 5.87. The van der Waals surface area contributed by atoms with Gasteiger partial charge in [-0.15, -0.1) is 0 Å². The molecule has 0 heterocycles. The summed E-state index contributed by atoms with van der Waals surface area (Å²) in [5.41, 5.74) is 1.73. The van der Waals surface area contributed by atoms with E-state index in [1.165, 1.54) is 0 Å². The van der Waals surface area contributed by atoms with Crippen molar-refractivity contribution in [1.82, 2.24) is 10.6 Å². The first-order valence-corrected chi connectivity index (χ1v) is 7.91. The molecule has 2 unspecified atom stereocenters. The van der Waals surface area contributed by atoms with Gasteiger partial charge in [-0.1, -0.05) is 60.7 Å². The maximum Gasteiger partial charge on any atom is 0.405 e. The van der Waals surface area contributed by atoms with Crippen LogP contribution in [-0.2, 0) is 22.4 Å². The third-order valence-electron chi connectivity index (χ3n) is 3.69. The number of hydrogen-bond acceptors (Lipinski definition) is 3. The molecule has 2 amide bonds. The molecule has 0 aliphatic heterocycles. The van der Waals surface area contributed by atoms with E-state index in [1.54, 1.807) is 0 Å². The SMILES string of the molecule is O=CC(Cc1ccccc1)NC(=O)C(Cc1ccccc1)NC(=O)O. The summed E-state index contributed by atoms with van der Waals surface area (Å²) >= 11 is 0. The van der Waals surface area contributed by atoms with Crippen molar-refractivity contribution in [2.75, 3.05) is 0 Å². The number of carboxylic acid groups (broad SMARTS) is 1. The lowest BCUT2D eigenvalue weighted by Crippen LogP contribution is -2.51. The van der Waals surface area contributed by atoms with Gasteiger partial charge in [0.1, 0.15) is 12.3 Å². The van der Waals surface area contributed by atoms with Crippen molar-refractivity contribution < 1.29 is 19.5 Å². The molecule has 2 rings (SSSR count). The van der Waals surface area contributed by atoms with E-state index >= 15 is 0 Å². The molecule has 0 saturated heterocycles. The van der Waals surface area contributed by atoms with Crippen LogP contribution in [0.25, 0.3) is 0 Å². The average Bonchev–Trinajstić information content (AvgIpc) is 2.62. The second-order valence-corrected chi connectivity index (χ2v) is 5.63. The molecule has 0 fully saturated rings. The smallest absolute Gasteiger partial charge is 0.405 e. The molecule has 25 heavy (non-hydrogen) atoms. The highest BCUT2D eigenvalue weighted by Gasteiger charge is 2.23. The second-order valence-electron chi connectivity index (χ2n) is 5.63. The number of carbonyl (C=O) groups is 3. The van der Waals surface area contributed by atoms with Gasteiger partial charge in [-0.3, -0.25) is 4.79 Å². The van der Waals surface area contributed by atoms with Crippen LogP contribution in [0.1, 0.15) is 11.1 Å². The Bertz CT molecular complexity index is 704. The lowest BCUT2D eigenvalue weighted by Gasteiger charge is -2.20. The molecule has 0 radical (unpaired) electrons. The first-order valence-electron chi connectivity index (χ1n) is 7.91. The Balaban J connectivity index is 2.04. The molecule has 3 N–H and O–H groups in total. The quantitative estimate of drug-likeness (QED) is 0.639. The van der Waals surface area contributed by atoms with Crippen molar-refractivity contribution in [3.63, 3.8) is 0 Å². The molecule has 0 saturated carbocycles. The normalized spacial score (nSPS) is 12.6. The van der Waals surface area contributed by atoms with E-state index in [9.17, 15) is 14.4 Å². The topological polar surface area (TPSA) is 95.5 Å². The van der Waals surface area contributed by atoms with Crippen LogP contribution in [0.2, 0.25) is 0 Å². The van der Waals surface area contributed by atoms with Gasteiger partial charge in [0, 0.05) is 6.42 Å². The molecule has 0 aliphatic carbocycles. The van der Waals surface area contributed by atoms with Gasteiger partial charge in [0.25, 0.3) is 0 Å². The van der Waals surface area contributed by atoms with Gasteiger partial charge in [-0.25, -0.2) is 4.79 Å². The Hall–Kier alpha value is -3.15. The van der Waals surface area contributed by atoms with Crippen molar-refractivity contribution in [3.05, 3.63) is 71.8 Å². The number of benzene rings is 2. The Morgan fingerprint density at radius 1 is 0.880 bits per heavy atom. The maximum absolute atomic E-state index is 12.4. The molecule has 2 aromatic rings. The van der Waals surface area contributed by atoms with Crippen LogP contribution in [-0.4, -0.2) is 35.5 Å². The monoisotopic (exact) mass is 340 g/mol. The van der Waals surface area contributed by atoms with E-state index in [2.05, 4.69) is 10.6 Å². The predicted molar refractivity (Wildman–Crippen MR) is 93.2 cm³/mol. The van der Waals surface area contributed by atoms with Crippen LogP contribution in [0.3, 0.4) is 0 Å². The summed E-state index contributed by atoms with van der Waals surface area (Å²) in [5.74, 6) is -0.528. The summed E-state index contributed by atoms with van der Waals surface area (Å²) in [6, 6.07) is 16.7. The number of rotatable bonds is 8. The fourth-order valence-electron chi connectivity index (χ4n) is 2.49. The molecule has 0 aliphatic rings. The van der Waals surface area contributed by atoms with Crippen LogP contribution in [0.4, 0.5) is 4.79 Å². The standard InChI is InChI=1S/C19H20N2O4/c22-13-16(11-14-7-3-1-4-8-14)20-18(23)17(21-19(24)25)12-15-9-5-2-6-10-15/h1-10,13,16-17,21H,11-12H2,(H,20,23)(H,24,25). The number of amides is 2. The summed E-state index contributed by atoms with van der Waals surface area (Å²) in [5, 5.41) is 13.8. The zero-order valence-electron chi connectivity index (χ0n) is 13.6. The van der Waals surface area contributed by atoms with E-state index in [4.69, 9.17) is 5.11 Å². The van der Waals surface area contributed by atoms with Crippen LogP contribution in [0.5, 0.6) is 0 Å². The van der Waals surface area contributed by atoms with Crippen LogP contribution >= 0.6 is 0 Å². The van der Waals surface area contributed by atoms with Crippen LogP contribution in [0.15, 0.2) is 60.7 Å². The van der Waals surface area contributed by atoms with Gasteiger partial charge in [-0.05, 0) is 17.5 Å². The lowest BCUT2D eigenvalue weighted by atomic mass is 10.0. The summed E-state index contributed by atoms with van der Waals surface area (Å²) in [6.45, 7) is 0.